The van der Waals surface area contributed by atoms with Gasteiger partial charge in [0.15, 0.2) is 12.6 Å². The molecule has 8 rings (SSSR count). The van der Waals surface area contributed by atoms with E-state index in [1.165, 1.54) is 74.9 Å². The van der Waals surface area contributed by atoms with E-state index < -0.39 is 80.9 Å². The van der Waals surface area contributed by atoms with Crippen molar-refractivity contribution in [1.82, 2.24) is 0 Å². The summed E-state index contributed by atoms with van der Waals surface area (Å²) in [5.74, 6) is -6.41. The van der Waals surface area contributed by atoms with Gasteiger partial charge in [-0.2, -0.15) is 17.6 Å². The Balaban J connectivity index is -0.000000176. The molecule has 105 heavy (non-hydrogen) atoms. The van der Waals surface area contributed by atoms with E-state index >= 15 is 0 Å². The predicted octanol–water partition coefficient (Wildman–Crippen LogP) is 1.92. The third-order valence-electron chi connectivity index (χ3n) is 11.4. The molecule has 0 aromatic heterocycles. The molecule has 0 atom stereocenters. The van der Waals surface area contributed by atoms with Gasteiger partial charge in [0.25, 0.3) is 12.6 Å². The molecule has 0 fully saturated rings. The molecule has 0 heterocycles. The number of carboxylic acid groups (broad SMARTS) is 3. The van der Waals surface area contributed by atoms with Gasteiger partial charge in [-0.15, -0.1) is 0 Å². The summed E-state index contributed by atoms with van der Waals surface area (Å²) in [5.41, 5.74) is 1.91. The molecule has 0 aliphatic rings. The number of halogens is 10. The van der Waals surface area contributed by atoms with Crippen molar-refractivity contribution in [2.45, 2.75) is 58.8 Å². The Morgan fingerprint density at radius 1 is 0.514 bits per heavy atom. The van der Waals surface area contributed by atoms with Gasteiger partial charge in [0.2, 0.25) is 12.9 Å². The summed E-state index contributed by atoms with van der Waals surface area (Å²) >= 11 is 6.16. The second-order valence-electron chi connectivity index (χ2n) is 18.3. The molecule has 33 heteroatoms. The van der Waals surface area contributed by atoms with Crippen LogP contribution in [0.1, 0.15) is 120 Å². The van der Waals surface area contributed by atoms with Gasteiger partial charge in [0.1, 0.15) is 5.97 Å². The van der Waals surface area contributed by atoms with Crippen LogP contribution in [0.4, 0.5) is 35.1 Å². The zero-order chi connectivity index (χ0) is 75.4. The zero-order valence-corrected chi connectivity index (χ0v) is 70.2. The first-order chi connectivity index (χ1) is 47.7. The smallest absolute Gasteiger partial charge is 1.00 e. The standard InChI is InChI=1S/C18H15P.C11H12F2O2.C11H10F2O2.C10H10O3.C9H8F2O2.C8H6O3.C2HClF2O2.C2H5I.CH2O3.2K.Li.Na.H2O.H2.H/c1-4-10-16(11-5-1)19(17-12-6-2-7-13-17)18-14-8-3-9-15-18;2*1-2-15-11(14)9-6-4-3-5-8(9)7-10(12)13;1-2-13-10(12)9-6-4-3-5-8(9)7-11;10-8(11)5-6-3-1-2-4-7(6)9(12)13;9-5-6-3-1-2-4-7(6)8(10)11;3-2(4,5)1(6)7;1-2-3;2-1-4-3;;;;;;;/h1-15H;3-6,10H,2,7H2,1H3;3-7H,2H2,1H3;3-7H,2H2,1H3;1-4,8H,5H2,(H,12,13);1-5H,(H,10,11);(H,6,7);2H2,1H3;1,3H;;;;;1H2;1H;/q;;;;;;;;;4*+1;;;-1/p-3. The molecule has 0 aliphatic carbocycles. The van der Waals surface area contributed by atoms with Gasteiger partial charge in [-0.05, 0) is 108 Å². The molecule has 546 valence electrons. The topological polar surface area (TPSA) is 307 Å². The Morgan fingerprint density at radius 2 is 0.762 bits per heavy atom. The Hall–Kier alpha value is -5.19. The number of aromatic carboxylic acids is 2. The molecule has 0 saturated heterocycles. The molecule has 0 amide bonds. The minimum Gasteiger partial charge on any atom is -1.00 e. The fraction of sp³-hybridized carbons (Fsp3) is 0.181. The molecular formula is C72H71ClF8IK2LiNaO18P. The number of carboxylic acids is 3. The van der Waals surface area contributed by atoms with Gasteiger partial charge >= 0.3 is 186 Å². The van der Waals surface area contributed by atoms with E-state index in [0.717, 1.165) is 0 Å². The average Bonchev–Trinajstić information content (AvgIpc) is 0.746. The van der Waals surface area contributed by atoms with Gasteiger partial charge in [-0.1, -0.05) is 212 Å². The zero-order valence-electron chi connectivity index (χ0n) is 59.1. The molecule has 0 bridgehead atoms. The third-order valence-corrected chi connectivity index (χ3v) is 14.0. The van der Waals surface area contributed by atoms with Crippen molar-refractivity contribution in [2.24, 2.45) is 0 Å². The van der Waals surface area contributed by atoms with Crippen LogP contribution in [0.3, 0.4) is 0 Å². The number of benzene rings is 8. The van der Waals surface area contributed by atoms with E-state index in [-0.39, 0.29) is 218 Å². The molecule has 8 aromatic rings. The maximum absolute atomic E-state index is 12.2. The Labute approximate surface area is 743 Å². The number of carbonyl (C=O) groups excluding carboxylic acids is 7. The van der Waals surface area contributed by atoms with Crippen LogP contribution in [0.5, 0.6) is 0 Å². The summed E-state index contributed by atoms with van der Waals surface area (Å²) < 4.78 is 110. The van der Waals surface area contributed by atoms with Crippen molar-refractivity contribution in [2.75, 3.05) is 24.2 Å². The number of esters is 3. The van der Waals surface area contributed by atoms with Gasteiger partial charge in [-0.3, -0.25) is 14.4 Å². The number of ether oxygens (including phenoxy) is 3. The van der Waals surface area contributed by atoms with Gasteiger partial charge in [0.05, 0.1) is 47.6 Å². The molecule has 0 radical (unpaired) electrons. The van der Waals surface area contributed by atoms with E-state index in [4.69, 9.17) is 44.4 Å². The van der Waals surface area contributed by atoms with Crippen LogP contribution >= 0.6 is 42.1 Å². The van der Waals surface area contributed by atoms with Gasteiger partial charge < -0.3 is 51.4 Å². The fourth-order valence-electron chi connectivity index (χ4n) is 7.45. The molecule has 0 unspecified atom stereocenters. The van der Waals surface area contributed by atoms with Crippen LogP contribution in [-0.2, 0) is 41.5 Å². The monoisotopic (exact) mass is 1680 g/mol. The summed E-state index contributed by atoms with van der Waals surface area (Å²) in [6.07, 6.45) is -5.92. The van der Waals surface area contributed by atoms with Crippen molar-refractivity contribution in [3.63, 3.8) is 0 Å². The van der Waals surface area contributed by atoms with Crippen LogP contribution in [0.25, 0.3) is 6.08 Å². The first-order valence-corrected chi connectivity index (χ1v) is 32.3. The SMILES string of the molecule is CCI.CCOC(=O)c1ccccc1C=C(F)F.CCOC(=O)c1ccccc1C=O.CCOC(=O)c1ccccc1CC(F)F.O=C(O)c1ccccc1CC(F)F.O=C([O-])C(F)(F)Cl.O=CO[O-].O=Cc1ccccc1C(=O)O.[H-].[HH].[K+].[K+].[Li+].[Na+].[OH-].c1ccc(P(c2ccccc2)c2ccccc2)cc1. The molecule has 0 saturated carbocycles. The van der Waals surface area contributed by atoms with Crippen molar-refractivity contribution < 1.29 is 277 Å². The van der Waals surface area contributed by atoms with Crippen molar-refractivity contribution >= 4 is 119 Å². The van der Waals surface area contributed by atoms with Gasteiger partial charge in [0, 0.05) is 31.5 Å². The molecular weight excluding hydrogens is 1610 g/mol. The molecule has 3 N–H and O–H groups in total. The van der Waals surface area contributed by atoms with Crippen molar-refractivity contribution in [1.29, 1.82) is 0 Å². The number of hydrogen-bond acceptors (Lipinski definition) is 16. The van der Waals surface area contributed by atoms with E-state index in [1.807, 2.05) is 0 Å². The average molecular weight is 1680 g/mol. The number of rotatable bonds is 20. The quantitative estimate of drug-likeness (QED) is 0.0105. The van der Waals surface area contributed by atoms with E-state index in [2.05, 4.69) is 137 Å². The van der Waals surface area contributed by atoms with Crippen LogP contribution in [0.2, 0.25) is 0 Å². The van der Waals surface area contributed by atoms with Crippen LogP contribution < -0.4 is 177 Å². The Kier molecular flexibility index (Phi) is 70.6. The summed E-state index contributed by atoms with van der Waals surface area (Å²) in [4.78, 5) is 96.0. The molecule has 8 aromatic carbocycles. The van der Waals surface area contributed by atoms with Crippen LogP contribution in [0, 0.1) is 0 Å². The number of carbonyl (C=O) groups is 9. The first-order valence-electron chi connectivity index (χ1n) is 29.1. The maximum atomic E-state index is 12.2. The predicted molar refractivity (Wildman–Crippen MR) is 372 cm³/mol. The van der Waals surface area contributed by atoms with E-state index in [1.54, 1.807) is 87.5 Å². The summed E-state index contributed by atoms with van der Waals surface area (Å²) in [5, 5.41) is 34.6. The summed E-state index contributed by atoms with van der Waals surface area (Å²) in [6.45, 7) is 7.75. The Morgan fingerprint density at radius 3 is 1.04 bits per heavy atom. The Bertz CT molecular complexity index is 3710. The minimum absolute atomic E-state index is 0. The largest absolute Gasteiger partial charge is 1.00 e. The molecule has 18 nitrogen and oxygen atoms in total. The van der Waals surface area contributed by atoms with E-state index in [9.17, 15) is 68.7 Å². The first kappa shape index (κ1) is 111. The minimum atomic E-state index is -4.22. The molecule has 0 spiro atoms. The van der Waals surface area contributed by atoms with Gasteiger partial charge in [-0.25, -0.2) is 41.5 Å². The van der Waals surface area contributed by atoms with Crippen LogP contribution in [0.15, 0.2) is 218 Å². The van der Waals surface area contributed by atoms with Crippen LogP contribution in [-0.4, -0.2) is 113 Å². The second kappa shape index (κ2) is 67.0. The summed E-state index contributed by atoms with van der Waals surface area (Å²) in [6, 6.07) is 63.0. The van der Waals surface area contributed by atoms with E-state index in [0.29, 0.717) is 41.9 Å². The second-order valence-corrected chi connectivity index (χ2v) is 22.5. The van der Waals surface area contributed by atoms with Crippen molar-refractivity contribution in [3.8, 4) is 0 Å². The maximum Gasteiger partial charge on any atom is 1.00 e. The normalized spacial score (nSPS) is 9.28. The number of aliphatic carboxylic acids is 1. The molecule has 0 aliphatic heterocycles. The number of aldehydes is 2. The number of hydrogen-bond donors (Lipinski definition) is 2. The summed E-state index contributed by atoms with van der Waals surface area (Å²) in [7, 11) is -0.446. The fourth-order valence-corrected chi connectivity index (χ4v) is 9.75. The van der Waals surface area contributed by atoms with Crippen molar-refractivity contribution in [3.05, 3.63) is 274 Å². The number of alkyl halides is 8. The third kappa shape index (κ3) is 48.8.